The molecule has 0 bridgehead atoms. The summed E-state index contributed by atoms with van der Waals surface area (Å²) in [4.78, 5) is 11.4. The van der Waals surface area contributed by atoms with Crippen LogP contribution in [0.2, 0.25) is 5.02 Å². The number of aromatic amines is 2. The highest BCUT2D eigenvalue weighted by Crippen LogP contribution is 2.41. The molecule has 0 saturated carbocycles. The molecule has 4 rings (SSSR count). The third kappa shape index (κ3) is 5.55. The Hall–Kier alpha value is -3.69. The van der Waals surface area contributed by atoms with E-state index in [1.807, 2.05) is 5.10 Å². The molecule has 4 aromatic rings. The van der Waals surface area contributed by atoms with Crippen molar-refractivity contribution in [3.8, 4) is 16.9 Å². The zero-order chi connectivity index (χ0) is 28.7. The van der Waals surface area contributed by atoms with Gasteiger partial charge in [0.25, 0.3) is 0 Å². The smallest absolute Gasteiger partial charge is 0.435 e. The predicted octanol–water partition coefficient (Wildman–Crippen LogP) is 4.70. The van der Waals surface area contributed by atoms with E-state index >= 15 is 4.39 Å². The summed E-state index contributed by atoms with van der Waals surface area (Å²) in [7, 11) is -3.22. The largest absolute Gasteiger partial charge is 0.495 e. The quantitative estimate of drug-likeness (QED) is 0.253. The predicted molar refractivity (Wildman–Crippen MR) is 130 cm³/mol. The summed E-state index contributed by atoms with van der Waals surface area (Å²) in [6.45, 7) is 2.78. The summed E-state index contributed by atoms with van der Waals surface area (Å²) < 4.78 is 95.1. The van der Waals surface area contributed by atoms with E-state index in [4.69, 9.17) is 20.8 Å². The van der Waals surface area contributed by atoms with E-state index in [0.29, 0.717) is 0 Å². The number of ether oxygens (including phenoxy) is 1. The first kappa shape index (κ1) is 28.3. The second-order valence-corrected chi connectivity index (χ2v) is 10.5. The van der Waals surface area contributed by atoms with E-state index in [9.17, 15) is 26.4 Å². The van der Waals surface area contributed by atoms with Gasteiger partial charge in [-0.2, -0.15) is 23.0 Å². The number of halogens is 5. The van der Waals surface area contributed by atoms with Gasteiger partial charge in [0.05, 0.1) is 7.11 Å². The number of hydrogen-bond acceptors (Lipinski definition) is 7. The zero-order valence-corrected chi connectivity index (χ0v) is 21.9. The molecule has 0 spiro atoms. The lowest BCUT2D eigenvalue weighted by molar-refractivity contribution is -0.140. The van der Waals surface area contributed by atoms with Crippen LogP contribution in [0, 0.1) is 12.7 Å². The van der Waals surface area contributed by atoms with Gasteiger partial charge in [-0.05, 0) is 41.8 Å². The summed E-state index contributed by atoms with van der Waals surface area (Å²) in [5.41, 5.74) is -1.61. The van der Waals surface area contributed by atoms with Crippen molar-refractivity contribution in [1.29, 1.82) is 0 Å². The van der Waals surface area contributed by atoms with E-state index in [-0.39, 0.29) is 37.9 Å². The molecule has 0 aliphatic rings. The fourth-order valence-electron chi connectivity index (χ4n) is 4.26. The number of hydrogen-bond donors (Lipinski definition) is 3. The van der Waals surface area contributed by atoms with Crippen LogP contribution < -0.4 is 15.2 Å². The fraction of sp³-hybridized carbons (Fsp3) is 0.261. The second kappa shape index (κ2) is 10.5. The number of sulfonamides is 1. The Morgan fingerprint density at radius 3 is 2.49 bits per heavy atom. The van der Waals surface area contributed by atoms with E-state index < -0.39 is 51.3 Å². The average molecular weight is 590 g/mol. The molecule has 0 fully saturated rings. The number of benzene rings is 2. The molecule has 0 saturated heterocycles. The lowest BCUT2D eigenvalue weighted by Gasteiger charge is -2.25. The van der Waals surface area contributed by atoms with Crippen LogP contribution in [0.4, 0.5) is 17.6 Å². The maximum Gasteiger partial charge on any atom is 0.435 e. The Morgan fingerprint density at radius 1 is 1.15 bits per heavy atom. The molecule has 2 aromatic carbocycles. The molecule has 0 radical (unpaired) electrons. The Morgan fingerprint density at radius 2 is 1.87 bits per heavy atom. The van der Waals surface area contributed by atoms with Crippen LogP contribution in [-0.4, -0.2) is 35.9 Å². The first-order valence-electron chi connectivity index (χ1n) is 11.1. The molecule has 10 nitrogen and oxygen atoms in total. The van der Waals surface area contributed by atoms with Crippen LogP contribution in [0.1, 0.15) is 41.6 Å². The lowest BCUT2D eigenvalue weighted by Crippen LogP contribution is -2.33. The minimum atomic E-state index is -4.80. The molecule has 2 heterocycles. The van der Waals surface area contributed by atoms with E-state index in [0.717, 1.165) is 18.3 Å². The van der Waals surface area contributed by atoms with E-state index in [2.05, 4.69) is 20.0 Å². The summed E-state index contributed by atoms with van der Waals surface area (Å²) in [6.07, 6.45) is -3.77. The molecule has 2 atom stereocenters. The molecule has 0 aliphatic heterocycles. The number of nitrogens with one attached hydrogen (secondary N) is 3. The van der Waals surface area contributed by atoms with E-state index in [1.165, 1.54) is 39.2 Å². The third-order valence-corrected chi connectivity index (χ3v) is 7.75. The number of rotatable bonds is 8. The average Bonchev–Trinajstić information content (AvgIpc) is 3.51. The van der Waals surface area contributed by atoms with Crippen LogP contribution in [0.3, 0.4) is 0 Å². The SMILES string of the molecule is COc1cc(Cl)ccc1S(=O)(=O)NC(c1n[nH]c(=O)o1)C(C)c1c(F)ccc(-c2c[nH]nc2C(F)(F)F)c1C. The minimum Gasteiger partial charge on any atom is -0.495 e. The molecule has 16 heteroatoms. The summed E-state index contributed by atoms with van der Waals surface area (Å²) >= 11 is 5.93. The summed E-state index contributed by atoms with van der Waals surface area (Å²) in [5.74, 6) is -3.55. The highest BCUT2D eigenvalue weighted by molar-refractivity contribution is 7.89. The molecule has 208 valence electrons. The second-order valence-electron chi connectivity index (χ2n) is 8.41. The van der Waals surface area contributed by atoms with Crippen molar-refractivity contribution in [2.24, 2.45) is 0 Å². The molecular formula is C23H20ClF4N5O5S. The first-order chi connectivity index (χ1) is 18.2. The summed E-state index contributed by atoms with van der Waals surface area (Å²) in [5, 5.41) is 11.4. The molecule has 0 amide bonds. The molecular weight excluding hydrogens is 570 g/mol. The van der Waals surface area contributed by atoms with Crippen LogP contribution >= 0.6 is 11.6 Å². The van der Waals surface area contributed by atoms with Crippen LogP contribution in [0.25, 0.3) is 11.1 Å². The van der Waals surface area contributed by atoms with Gasteiger partial charge in [0.15, 0.2) is 5.69 Å². The van der Waals surface area contributed by atoms with Crippen molar-refractivity contribution in [1.82, 2.24) is 25.1 Å². The van der Waals surface area contributed by atoms with Crippen molar-refractivity contribution in [2.45, 2.75) is 36.9 Å². The zero-order valence-electron chi connectivity index (χ0n) is 20.4. The maximum atomic E-state index is 15.3. The maximum absolute atomic E-state index is 15.3. The van der Waals surface area contributed by atoms with Crippen LogP contribution in [-0.2, 0) is 16.2 Å². The van der Waals surface area contributed by atoms with Crippen LogP contribution in [0.15, 0.2) is 50.6 Å². The Bertz CT molecular complexity index is 1680. The Labute approximate surface area is 223 Å². The summed E-state index contributed by atoms with van der Waals surface area (Å²) in [6, 6.07) is 4.37. The Kier molecular flexibility index (Phi) is 7.60. The third-order valence-electron chi connectivity index (χ3n) is 6.03. The molecule has 3 N–H and O–H groups in total. The molecule has 39 heavy (non-hydrogen) atoms. The topological polar surface area (TPSA) is 143 Å². The molecule has 0 aliphatic carbocycles. The highest BCUT2D eigenvalue weighted by atomic mass is 35.5. The van der Waals surface area contributed by atoms with Gasteiger partial charge in [-0.25, -0.2) is 22.7 Å². The lowest BCUT2D eigenvalue weighted by atomic mass is 9.86. The minimum absolute atomic E-state index is 0.00350. The molecule has 2 unspecified atom stereocenters. The van der Waals surface area contributed by atoms with Gasteiger partial charge >= 0.3 is 11.9 Å². The van der Waals surface area contributed by atoms with Crippen molar-refractivity contribution >= 4 is 21.6 Å². The number of methoxy groups -OCH3 is 1. The number of alkyl halides is 3. The number of aromatic nitrogens is 4. The van der Waals surface area contributed by atoms with Gasteiger partial charge in [-0.15, -0.1) is 5.10 Å². The highest BCUT2D eigenvalue weighted by Gasteiger charge is 2.38. The number of H-pyrrole nitrogens is 2. The normalized spacial score (nSPS) is 13.8. The van der Waals surface area contributed by atoms with Crippen molar-refractivity contribution in [2.75, 3.05) is 7.11 Å². The van der Waals surface area contributed by atoms with Gasteiger partial charge in [0.1, 0.15) is 22.5 Å². The Balaban J connectivity index is 1.84. The van der Waals surface area contributed by atoms with Gasteiger partial charge < -0.3 is 9.15 Å². The van der Waals surface area contributed by atoms with Crippen molar-refractivity contribution in [3.05, 3.63) is 80.6 Å². The van der Waals surface area contributed by atoms with Crippen molar-refractivity contribution < 1.29 is 35.1 Å². The fourth-order valence-corrected chi connectivity index (χ4v) is 5.84. The molecule has 2 aromatic heterocycles. The van der Waals surface area contributed by atoms with Gasteiger partial charge in [-0.1, -0.05) is 24.6 Å². The standard InChI is InChI=1S/C23H20ClF4N5O5S/c1-10-13(14-9-29-30-20(14)23(26,27)28)5-6-15(25)18(10)11(2)19(21-31-32-22(34)38-21)33-39(35,36)17-7-4-12(24)8-16(17)37-3/h4-9,11,19,33H,1-3H3,(H,29,30)(H,32,34). The monoisotopic (exact) mass is 589 g/mol. The first-order valence-corrected chi connectivity index (χ1v) is 12.9. The van der Waals surface area contributed by atoms with Crippen molar-refractivity contribution in [3.63, 3.8) is 0 Å². The van der Waals surface area contributed by atoms with Crippen LogP contribution in [0.5, 0.6) is 5.75 Å². The number of nitrogens with zero attached hydrogens (tertiary/aromatic N) is 2. The van der Waals surface area contributed by atoms with E-state index in [1.54, 1.807) is 0 Å². The van der Waals surface area contributed by atoms with Gasteiger partial charge in [-0.3, -0.25) is 5.10 Å². The van der Waals surface area contributed by atoms with Gasteiger partial charge in [0.2, 0.25) is 15.9 Å². The van der Waals surface area contributed by atoms with Gasteiger partial charge in [0, 0.05) is 28.8 Å².